The Labute approximate surface area is 161 Å². The Balaban J connectivity index is 1.93. The normalized spacial score (nSPS) is 10.5. The predicted molar refractivity (Wildman–Crippen MR) is 102 cm³/mol. The average Bonchev–Trinajstić information content (AvgIpc) is 2.58. The second-order valence-electron chi connectivity index (χ2n) is 5.64. The van der Waals surface area contributed by atoms with Crippen molar-refractivity contribution in [2.45, 2.75) is 13.8 Å². The number of para-hydroxylation sites is 1. The van der Waals surface area contributed by atoms with E-state index in [9.17, 15) is 4.79 Å². The molecule has 0 aliphatic rings. The quantitative estimate of drug-likeness (QED) is 0.604. The molecule has 0 bridgehead atoms. The minimum absolute atomic E-state index is 0.0225. The molecule has 0 fully saturated rings. The fourth-order valence-electron chi connectivity index (χ4n) is 2.41. The summed E-state index contributed by atoms with van der Waals surface area (Å²) in [5, 5.41) is 3.37. The number of carbonyl (C=O) groups is 1. The van der Waals surface area contributed by atoms with Gasteiger partial charge in [0.05, 0.1) is 0 Å². The number of ether oxygens (including phenoxy) is 1. The second kappa shape index (κ2) is 7.72. The smallest absolute Gasteiger partial charge is 0.262 e. The van der Waals surface area contributed by atoms with Gasteiger partial charge >= 0.3 is 0 Å². The lowest BCUT2D eigenvalue weighted by molar-refractivity contribution is 0.102. The first-order valence-electron chi connectivity index (χ1n) is 7.77. The van der Waals surface area contributed by atoms with Crippen molar-refractivity contribution in [3.05, 3.63) is 75.7 Å². The summed E-state index contributed by atoms with van der Waals surface area (Å²) >= 11 is 11.8. The van der Waals surface area contributed by atoms with E-state index >= 15 is 0 Å². The molecule has 0 saturated heterocycles. The molecule has 2 aromatic carbocycles. The molecule has 0 spiro atoms. The van der Waals surface area contributed by atoms with Gasteiger partial charge in [-0.3, -0.25) is 4.79 Å². The summed E-state index contributed by atoms with van der Waals surface area (Å²) < 4.78 is 5.71. The fourth-order valence-corrected chi connectivity index (χ4v) is 2.72. The summed E-state index contributed by atoms with van der Waals surface area (Å²) in [5.41, 5.74) is 2.80. The highest BCUT2D eigenvalue weighted by atomic mass is 35.5. The predicted octanol–water partition coefficient (Wildman–Crippen LogP) is 5.44. The number of halogens is 2. The maximum absolute atomic E-state index is 12.8. The van der Waals surface area contributed by atoms with Crippen LogP contribution in [0.2, 0.25) is 10.3 Å². The molecule has 0 atom stereocenters. The van der Waals surface area contributed by atoms with E-state index in [-0.39, 0.29) is 16.7 Å². The molecule has 3 aromatic rings. The van der Waals surface area contributed by atoms with E-state index in [4.69, 9.17) is 27.9 Å². The van der Waals surface area contributed by atoms with Gasteiger partial charge < -0.3 is 10.1 Å². The third-order valence-corrected chi connectivity index (χ3v) is 4.12. The Morgan fingerprint density at radius 3 is 2.46 bits per heavy atom. The maximum Gasteiger partial charge on any atom is 0.262 e. The minimum Gasteiger partial charge on any atom is -0.438 e. The van der Waals surface area contributed by atoms with Gasteiger partial charge in [-0.25, -0.2) is 4.98 Å². The molecular weight excluding hydrogens is 373 g/mol. The molecule has 0 radical (unpaired) electrons. The van der Waals surface area contributed by atoms with Crippen molar-refractivity contribution in [3.8, 4) is 11.6 Å². The number of nitrogens with zero attached hydrogens (tertiary/aromatic N) is 2. The first-order chi connectivity index (χ1) is 12.4. The number of benzene rings is 2. The zero-order valence-corrected chi connectivity index (χ0v) is 15.6. The number of hydrogen-bond acceptors (Lipinski definition) is 4. The number of nitrogens with one attached hydrogen (secondary N) is 1. The van der Waals surface area contributed by atoms with E-state index in [1.165, 1.54) is 6.20 Å². The number of hydrogen-bond donors (Lipinski definition) is 1. The monoisotopic (exact) mass is 387 g/mol. The SMILES string of the molecule is Cc1cccc(C)c1NC(=O)c1cnc(Cl)nc1Oc1cccc(Cl)c1. The molecule has 1 heterocycles. The summed E-state index contributed by atoms with van der Waals surface area (Å²) in [6.45, 7) is 3.84. The van der Waals surface area contributed by atoms with E-state index in [2.05, 4.69) is 15.3 Å². The number of amides is 1. The third-order valence-electron chi connectivity index (χ3n) is 3.70. The van der Waals surface area contributed by atoms with Gasteiger partial charge in [0.15, 0.2) is 0 Å². The molecule has 0 aliphatic heterocycles. The number of rotatable bonds is 4. The first kappa shape index (κ1) is 18.2. The minimum atomic E-state index is -0.393. The van der Waals surface area contributed by atoms with Gasteiger partial charge in [-0.1, -0.05) is 35.9 Å². The van der Waals surface area contributed by atoms with Crippen LogP contribution >= 0.6 is 23.2 Å². The van der Waals surface area contributed by atoms with Crippen molar-refractivity contribution in [2.75, 3.05) is 5.32 Å². The topological polar surface area (TPSA) is 64.1 Å². The van der Waals surface area contributed by atoms with Crippen molar-refractivity contribution in [2.24, 2.45) is 0 Å². The van der Waals surface area contributed by atoms with Crippen LogP contribution in [0.4, 0.5) is 5.69 Å². The Hall–Kier alpha value is -2.63. The Kier molecular flexibility index (Phi) is 5.40. The van der Waals surface area contributed by atoms with Gasteiger partial charge in [0.1, 0.15) is 11.3 Å². The summed E-state index contributed by atoms with van der Waals surface area (Å²) in [6, 6.07) is 12.5. The Bertz CT molecular complexity index is 956. The van der Waals surface area contributed by atoms with Crippen LogP contribution in [-0.2, 0) is 0 Å². The molecule has 1 amide bonds. The lowest BCUT2D eigenvalue weighted by atomic mass is 10.1. The molecule has 0 aliphatic carbocycles. The number of carbonyl (C=O) groups excluding carboxylic acids is 1. The van der Waals surface area contributed by atoms with Gasteiger partial charge in [-0.2, -0.15) is 4.98 Å². The Morgan fingerprint density at radius 1 is 1.08 bits per heavy atom. The van der Waals surface area contributed by atoms with Gasteiger partial charge in [0, 0.05) is 16.9 Å². The van der Waals surface area contributed by atoms with Crippen LogP contribution in [0.25, 0.3) is 0 Å². The lowest BCUT2D eigenvalue weighted by Gasteiger charge is -2.13. The van der Waals surface area contributed by atoms with Gasteiger partial charge in [-0.15, -0.1) is 0 Å². The van der Waals surface area contributed by atoms with Crippen molar-refractivity contribution in [1.82, 2.24) is 9.97 Å². The summed E-state index contributed by atoms with van der Waals surface area (Å²) in [7, 11) is 0. The number of aryl methyl sites for hydroxylation is 2. The standard InChI is InChI=1S/C19H15Cl2N3O2/c1-11-5-3-6-12(2)16(11)23-17(25)15-10-22-19(21)24-18(15)26-14-8-4-7-13(20)9-14/h3-10H,1-2H3,(H,23,25). The molecule has 132 valence electrons. The molecule has 1 N–H and O–H groups in total. The average molecular weight is 388 g/mol. The van der Waals surface area contributed by atoms with Crippen molar-refractivity contribution in [3.63, 3.8) is 0 Å². The van der Waals surface area contributed by atoms with E-state index in [0.29, 0.717) is 10.8 Å². The highest BCUT2D eigenvalue weighted by molar-refractivity contribution is 6.30. The van der Waals surface area contributed by atoms with Gasteiger partial charge in [0.2, 0.25) is 11.2 Å². The molecule has 5 nitrogen and oxygen atoms in total. The Morgan fingerprint density at radius 2 is 1.77 bits per heavy atom. The van der Waals surface area contributed by atoms with Crippen LogP contribution in [0.3, 0.4) is 0 Å². The zero-order valence-electron chi connectivity index (χ0n) is 14.1. The zero-order chi connectivity index (χ0) is 18.7. The van der Waals surface area contributed by atoms with E-state index in [1.807, 2.05) is 32.0 Å². The van der Waals surface area contributed by atoms with Gasteiger partial charge in [-0.05, 0) is 54.8 Å². The second-order valence-corrected chi connectivity index (χ2v) is 6.41. The number of aromatic nitrogens is 2. The van der Waals surface area contributed by atoms with Gasteiger partial charge in [0.25, 0.3) is 5.91 Å². The van der Waals surface area contributed by atoms with Crippen molar-refractivity contribution >= 4 is 34.8 Å². The molecular formula is C19H15Cl2N3O2. The summed E-state index contributed by atoms with van der Waals surface area (Å²) in [6.07, 6.45) is 1.33. The number of anilines is 1. The maximum atomic E-state index is 12.8. The largest absolute Gasteiger partial charge is 0.438 e. The van der Waals surface area contributed by atoms with Crippen LogP contribution in [0.5, 0.6) is 11.6 Å². The highest BCUT2D eigenvalue weighted by Gasteiger charge is 2.18. The third kappa shape index (κ3) is 4.12. The van der Waals surface area contributed by atoms with Crippen LogP contribution in [-0.4, -0.2) is 15.9 Å². The van der Waals surface area contributed by atoms with Crippen LogP contribution < -0.4 is 10.1 Å². The molecule has 26 heavy (non-hydrogen) atoms. The first-order valence-corrected chi connectivity index (χ1v) is 8.53. The van der Waals surface area contributed by atoms with E-state index in [0.717, 1.165) is 16.8 Å². The van der Waals surface area contributed by atoms with E-state index < -0.39 is 5.91 Å². The van der Waals surface area contributed by atoms with Crippen LogP contribution in [0.1, 0.15) is 21.5 Å². The lowest BCUT2D eigenvalue weighted by Crippen LogP contribution is -2.16. The molecule has 3 rings (SSSR count). The van der Waals surface area contributed by atoms with Crippen LogP contribution in [0, 0.1) is 13.8 Å². The van der Waals surface area contributed by atoms with Crippen LogP contribution in [0.15, 0.2) is 48.7 Å². The highest BCUT2D eigenvalue weighted by Crippen LogP contribution is 2.27. The summed E-state index contributed by atoms with van der Waals surface area (Å²) in [5.74, 6) is 0.0977. The van der Waals surface area contributed by atoms with E-state index in [1.54, 1.807) is 24.3 Å². The van der Waals surface area contributed by atoms with Crippen molar-refractivity contribution < 1.29 is 9.53 Å². The molecule has 1 aromatic heterocycles. The van der Waals surface area contributed by atoms with Crippen molar-refractivity contribution in [1.29, 1.82) is 0 Å². The molecule has 7 heteroatoms. The molecule has 0 saturated carbocycles. The molecule has 0 unspecified atom stereocenters. The summed E-state index contributed by atoms with van der Waals surface area (Å²) in [4.78, 5) is 20.7. The fraction of sp³-hybridized carbons (Fsp3) is 0.105.